The van der Waals surface area contributed by atoms with E-state index >= 15 is 0 Å². The lowest BCUT2D eigenvalue weighted by Gasteiger charge is -2.17. The summed E-state index contributed by atoms with van der Waals surface area (Å²) in [6.07, 6.45) is 4.80. The van der Waals surface area contributed by atoms with E-state index in [4.69, 9.17) is 9.40 Å². The van der Waals surface area contributed by atoms with Crippen LogP contribution in [0.4, 0.5) is 0 Å². The van der Waals surface area contributed by atoms with E-state index in [1.165, 1.54) is 22.2 Å². The number of rotatable bonds is 6. The van der Waals surface area contributed by atoms with Crippen LogP contribution in [0, 0.1) is 5.92 Å². The van der Waals surface area contributed by atoms with Gasteiger partial charge in [0, 0.05) is 10.4 Å². The molecule has 1 atom stereocenters. The molecule has 7 nitrogen and oxygen atoms in total. The average Bonchev–Trinajstić information content (AvgIpc) is 3.57. The molecule has 4 heterocycles. The number of benzene rings is 1. The summed E-state index contributed by atoms with van der Waals surface area (Å²) in [6.45, 7) is 2.79. The monoisotopic (exact) mass is 489 g/mol. The molecule has 0 spiro atoms. The van der Waals surface area contributed by atoms with Crippen LogP contribution in [0.1, 0.15) is 35.4 Å². The number of aryl methyl sites for hydroxylation is 1. The summed E-state index contributed by atoms with van der Waals surface area (Å²) < 4.78 is 7.62. The summed E-state index contributed by atoms with van der Waals surface area (Å²) in [7, 11) is 0. The molecule has 5 aromatic rings. The Kier molecular flexibility index (Phi) is 5.58. The lowest BCUT2D eigenvalue weighted by molar-refractivity contribution is 0.485. The molecule has 0 amide bonds. The fourth-order valence-electron chi connectivity index (χ4n) is 4.49. The minimum Gasteiger partial charge on any atom is -0.467 e. The van der Waals surface area contributed by atoms with E-state index < -0.39 is 0 Å². The van der Waals surface area contributed by atoms with Gasteiger partial charge in [-0.2, -0.15) is 0 Å². The molecule has 9 heteroatoms. The van der Waals surface area contributed by atoms with Crippen LogP contribution in [0.5, 0.6) is 0 Å². The summed E-state index contributed by atoms with van der Waals surface area (Å²) in [4.78, 5) is 23.0. The van der Waals surface area contributed by atoms with Crippen molar-refractivity contribution in [3.63, 3.8) is 0 Å². The minimum atomic E-state index is -0.0327. The molecular weight excluding hydrogens is 466 g/mol. The van der Waals surface area contributed by atoms with Gasteiger partial charge in [0.1, 0.15) is 16.4 Å². The number of thiophene rings is 1. The van der Waals surface area contributed by atoms with Gasteiger partial charge in [0.2, 0.25) is 0 Å². The zero-order chi connectivity index (χ0) is 23.1. The van der Waals surface area contributed by atoms with E-state index in [1.54, 1.807) is 17.6 Å². The zero-order valence-corrected chi connectivity index (χ0v) is 20.3. The summed E-state index contributed by atoms with van der Waals surface area (Å²) in [5.74, 6) is 3.41. The zero-order valence-electron chi connectivity index (χ0n) is 18.7. The number of hydrogen-bond acceptors (Lipinski definition) is 7. The highest BCUT2D eigenvalue weighted by Crippen LogP contribution is 2.36. The fraction of sp³-hybridized carbons (Fsp3) is 0.280. The SMILES string of the molecule is C[C@H]1CCc2c(sc3nc(CSc4nnc(-c5ccccc5)n4Cc4ccco4)[nH]c(=O)c23)C1. The van der Waals surface area contributed by atoms with Crippen LogP contribution in [0.25, 0.3) is 21.6 Å². The second kappa shape index (κ2) is 8.88. The Balaban J connectivity index is 1.31. The van der Waals surface area contributed by atoms with Crippen molar-refractivity contribution >= 4 is 33.3 Å². The number of H-pyrrole nitrogens is 1. The third-order valence-corrected chi connectivity index (χ3v) is 8.32. The standard InChI is InChI=1S/C25H23N5O2S2/c1-15-9-10-18-19(12-15)34-24-21(18)23(31)26-20(27-24)14-33-25-29-28-22(16-6-3-2-4-7-16)30(25)13-17-8-5-11-32-17/h2-8,11,15H,9-10,12-14H2,1H3,(H,26,27,31)/t15-/m0/s1. The van der Waals surface area contributed by atoms with Crippen LogP contribution >= 0.6 is 23.1 Å². The molecule has 0 fully saturated rings. The van der Waals surface area contributed by atoms with Crippen molar-refractivity contribution in [1.29, 1.82) is 0 Å². The molecule has 34 heavy (non-hydrogen) atoms. The topological polar surface area (TPSA) is 89.6 Å². The van der Waals surface area contributed by atoms with E-state index in [1.807, 2.05) is 47.0 Å². The molecule has 0 bridgehead atoms. The molecule has 1 aliphatic rings. The first-order valence-corrected chi connectivity index (χ1v) is 13.1. The molecule has 1 aliphatic carbocycles. The van der Waals surface area contributed by atoms with Crippen molar-refractivity contribution in [2.75, 3.05) is 0 Å². The van der Waals surface area contributed by atoms with Gasteiger partial charge in [-0.3, -0.25) is 9.36 Å². The maximum atomic E-state index is 12.9. The highest BCUT2D eigenvalue weighted by atomic mass is 32.2. The molecule has 4 aromatic heterocycles. The van der Waals surface area contributed by atoms with Crippen molar-refractivity contribution < 1.29 is 4.42 Å². The van der Waals surface area contributed by atoms with Gasteiger partial charge in [0.15, 0.2) is 11.0 Å². The Morgan fingerprint density at radius 1 is 1.21 bits per heavy atom. The lowest BCUT2D eigenvalue weighted by Crippen LogP contribution is -2.14. The summed E-state index contributed by atoms with van der Waals surface area (Å²) >= 11 is 3.18. The van der Waals surface area contributed by atoms with E-state index in [-0.39, 0.29) is 5.56 Å². The summed E-state index contributed by atoms with van der Waals surface area (Å²) in [6, 6.07) is 13.8. The highest BCUT2D eigenvalue weighted by molar-refractivity contribution is 7.98. The fourth-order valence-corrected chi connectivity index (χ4v) is 6.70. The Labute approximate surface area is 204 Å². The normalized spacial score (nSPS) is 15.6. The Morgan fingerprint density at radius 2 is 2.09 bits per heavy atom. The van der Waals surface area contributed by atoms with Gasteiger partial charge in [-0.05, 0) is 42.9 Å². The van der Waals surface area contributed by atoms with E-state index in [2.05, 4.69) is 22.1 Å². The predicted molar refractivity (Wildman–Crippen MR) is 134 cm³/mol. The Morgan fingerprint density at radius 3 is 2.91 bits per heavy atom. The highest BCUT2D eigenvalue weighted by Gasteiger charge is 2.23. The second-order valence-corrected chi connectivity index (χ2v) is 10.7. The maximum absolute atomic E-state index is 12.9. The van der Waals surface area contributed by atoms with Crippen LogP contribution in [0.15, 0.2) is 63.1 Å². The summed E-state index contributed by atoms with van der Waals surface area (Å²) in [5.41, 5.74) is 2.16. The largest absolute Gasteiger partial charge is 0.467 e. The van der Waals surface area contributed by atoms with Crippen LogP contribution in [-0.2, 0) is 25.1 Å². The number of hydrogen-bond donors (Lipinski definition) is 1. The van der Waals surface area contributed by atoms with Gasteiger partial charge >= 0.3 is 0 Å². The molecule has 0 aliphatic heterocycles. The molecule has 1 N–H and O–H groups in total. The van der Waals surface area contributed by atoms with Gasteiger partial charge < -0.3 is 9.40 Å². The summed E-state index contributed by atoms with van der Waals surface area (Å²) in [5, 5.41) is 10.4. The lowest BCUT2D eigenvalue weighted by atomic mass is 9.89. The molecule has 0 saturated heterocycles. The molecule has 6 rings (SSSR count). The number of thioether (sulfide) groups is 1. The van der Waals surface area contributed by atoms with Gasteiger partial charge in [-0.1, -0.05) is 49.0 Å². The Hall–Kier alpha value is -3.17. The first-order valence-electron chi connectivity index (χ1n) is 11.3. The van der Waals surface area contributed by atoms with Crippen LogP contribution in [0.2, 0.25) is 0 Å². The molecule has 0 saturated carbocycles. The van der Waals surface area contributed by atoms with Crippen LogP contribution < -0.4 is 5.56 Å². The molecule has 1 aromatic carbocycles. The quantitative estimate of drug-likeness (QED) is 0.326. The smallest absolute Gasteiger partial charge is 0.259 e. The number of furan rings is 1. The van der Waals surface area contributed by atoms with Crippen molar-refractivity contribution in [2.45, 2.75) is 43.6 Å². The third kappa shape index (κ3) is 3.99. The maximum Gasteiger partial charge on any atom is 0.259 e. The number of nitrogens with one attached hydrogen (secondary N) is 1. The Bertz CT molecular complexity index is 1500. The van der Waals surface area contributed by atoms with Gasteiger partial charge in [-0.25, -0.2) is 4.98 Å². The molecule has 0 radical (unpaired) electrons. The number of fused-ring (bicyclic) bond motifs is 3. The first kappa shape index (κ1) is 21.4. The number of aromatic amines is 1. The van der Waals surface area contributed by atoms with Gasteiger partial charge in [0.25, 0.3) is 5.56 Å². The molecule has 172 valence electrons. The molecular formula is C25H23N5O2S2. The predicted octanol–water partition coefficient (Wildman–Crippen LogP) is 5.30. The van der Waals surface area contributed by atoms with Gasteiger partial charge in [-0.15, -0.1) is 21.5 Å². The van der Waals surface area contributed by atoms with E-state index in [0.717, 1.165) is 51.8 Å². The number of nitrogens with zero attached hydrogens (tertiary/aromatic N) is 4. The van der Waals surface area contributed by atoms with Gasteiger partial charge in [0.05, 0.1) is 23.9 Å². The second-order valence-electron chi connectivity index (χ2n) is 8.67. The third-order valence-electron chi connectivity index (χ3n) is 6.20. The van der Waals surface area contributed by atoms with Crippen LogP contribution in [0.3, 0.4) is 0 Å². The van der Waals surface area contributed by atoms with Crippen molar-refractivity contribution in [1.82, 2.24) is 24.7 Å². The van der Waals surface area contributed by atoms with E-state index in [9.17, 15) is 4.79 Å². The number of aromatic nitrogens is 5. The van der Waals surface area contributed by atoms with E-state index in [0.29, 0.717) is 24.0 Å². The van der Waals surface area contributed by atoms with Crippen molar-refractivity contribution in [3.05, 3.63) is 81.1 Å². The van der Waals surface area contributed by atoms with Crippen LogP contribution in [-0.4, -0.2) is 24.7 Å². The first-order chi connectivity index (χ1) is 16.7. The van der Waals surface area contributed by atoms with Crippen molar-refractivity contribution in [3.8, 4) is 11.4 Å². The van der Waals surface area contributed by atoms with Crippen molar-refractivity contribution in [2.24, 2.45) is 5.92 Å². The molecule has 0 unspecified atom stereocenters. The minimum absolute atomic E-state index is 0.0327. The average molecular weight is 490 g/mol.